The first kappa shape index (κ1) is 23.0. The Labute approximate surface area is 122 Å². The van der Waals surface area contributed by atoms with Crippen molar-refractivity contribution in [3.63, 3.8) is 0 Å². The molecule has 1 heteroatoms. The van der Waals surface area contributed by atoms with Crippen molar-refractivity contribution in [3.05, 3.63) is 48.1 Å². The van der Waals surface area contributed by atoms with Crippen molar-refractivity contribution in [1.29, 1.82) is 0 Å². The van der Waals surface area contributed by atoms with E-state index < -0.39 is 0 Å². The van der Waals surface area contributed by atoms with Gasteiger partial charge in [-0.2, -0.15) is 0 Å². The van der Waals surface area contributed by atoms with Crippen LogP contribution in [0, 0.1) is 0 Å². The molecule has 1 rings (SSSR count). The highest BCUT2D eigenvalue weighted by atomic mass is 14.8. The van der Waals surface area contributed by atoms with Crippen LogP contribution in [0.3, 0.4) is 0 Å². The van der Waals surface area contributed by atoms with Crippen LogP contribution >= 0.6 is 0 Å². The number of hydrogen-bond acceptors (Lipinski definition) is 1. The number of nitrogens with one attached hydrogen (secondary N) is 1. The van der Waals surface area contributed by atoms with Gasteiger partial charge >= 0.3 is 0 Å². The summed E-state index contributed by atoms with van der Waals surface area (Å²) in [4.78, 5) is 0. The first-order valence-corrected chi connectivity index (χ1v) is 7.41. The Kier molecular flexibility index (Phi) is 23.4. The van der Waals surface area contributed by atoms with Crippen LogP contribution in [0.15, 0.2) is 48.1 Å². The second-order valence-corrected chi connectivity index (χ2v) is 3.92. The van der Waals surface area contributed by atoms with Crippen LogP contribution in [-0.2, 0) is 0 Å². The van der Waals surface area contributed by atoms with Crippen molar-refractivity contribution in [2.75, 3.05) is 13.1 Å². The minimum Gasteiger partial charge on any atom is -0.313 e. The third kappa shape index (κ3) is 19.4. The minimum atomic E-state index is 0.992. The topological polar surface area (TPSA) is 12.0 Å². The van der Waals surface area contributed by atoms with E-state index in [1.807, 2.05) is 54.5 Å². The Morgan fingerprint density at radius 1 is 1.16 bits per heavy atom. The smallest absolute Gasteiger partial charge is 0.0140 e. The van der Waals surface area contributed by atoms with Crippen LogP contribution in [0.2, 0.25) is 0 Å². The SMILES string of the molecule is C=C(/C=C\C)C1=CCNCC1.C=C(C)C.CC.CC. The molecular formula is C18H35N. The largest absolute Gasteiger partial charge is 0.313 e. The Morgan fingerprint density at radius 3 is 1.95 bits per heavy atom. The van der Waals surface area contributed by atoms with Gasteiger partial charge < -0.3 is 5.32 Å². The lowest BCUT2D eigenvalue weighted by molar-refractivity contribution is 0.709. The van der Waals surface area contributed by atoms with Crippen LogP contribution < -0.4 is 5.32 Å². The Hall–Kier alpha value is -1.08. The van der Waals surface area contributed by atoms with E-state index in [2.05, 4.69) is 30.6 Å². The average Bonchev–Trinajstić information content (AvgIpc) is 2.44. The number of allylic oxidation sites excluding steroid dienone is 4. The van der Waals surface area contributed by atoms with Gasteiger partial charge in [-0.05, 0) is 44.9 Å². The van der Waals surface area contributed by atoms with Gasteiger partial charge in [0.15, 0.2) is 0 Å². The maximum absolute atomic E-state index is 3.99. The fourth-order valence-electron chi connectivity index (χ4n) is 1.22. The summed E-state index contributed by atoms with van der Waals surface area (Å²) in [6, 6.07) is 0. The zero-order valence-electron chi connectivity index (χ0n) is 14.3. The highest BCUT2D eigenvalue weighted by Crippen LogP contribution is 2.14. The molecule has 112 valence electrons. The highest BCUT2D eigenvalue weighted by molar-refractivity contribution is 5.38. The fourth-order valence-corrected chi connectivity index (χ4v) is 1.22. The molecular weight excluding hydrogens is 230 g/mol. The summed E-state index contributed by atoms with van der Waals surface area (Å²) >= 11 is 0. The third-order valence-electron chi connectivity index (χ3n) is 1.84. The van der Waals surface area contributed by atoms with Gasteiger partial charge in [-0.3, -0.25) is 0 Å². The van der Waals surface area contributed by atoms with Gasteiger partial charge in [-0.1, -0.05) is 58.1 Å². The Bertz CT molecular complexity index is 265. The fraction of sp³-hybridized carbons (Fsp3) is 0.556. The molecule has 0 fully saturated rings. The molecule has 0 aliphatic carbocycles. The average molecular weight is 265 g/mol. The maximum atomic E-state index is 3.99. The summed E-state index contributed by atoms with van der Waals surface area (Å²) in [5, 5.41) is 3.27. The van der Waals surface area contributed by atoms with Crippen molar-refractivity contribution < 1.29 is 0 Å². The molecule has 0 aromatic rings. The molecule has 19 heavy (non-hydrogen) atoms. The molecule has 0 aromatic heterocycles. The van der Waals surface area contributed by atoms with Crippen LogP contribution in [0.1, 0.15) is 54.9 Å². The van der Waals surface area contributed by atoms with Crippen molar-refractivity contribution >= 4 is 0 Å². The van der Waals surface area contributed by atoms with E-state index in [1.54, 1.807) is 0 Å². The van der Waals surface area contributed by atoms with Crippen molar-refractivity contribution in [3.8, 4) is 0 Å². The first-order valence-electron chi connectivity index (χ1n) is 7.41. The van der Waals surface area contributed by atoms with Crippen molar-refractivity contribution in [2.24, 2.45) is 0 Å². The van der Waals surface area contributed by atoms with E-state index in [-0.39, 0.29) is 0 Å². The molecule has 1 nitrogen and oxygen atoms in total. The van der Waals surface area contributed by atoms with Gasteiger partial charge in [0.05, 0.1) is 0 Å². The Morgan fingerprint density at radius 2 is 1.63 bits per heavy atom. The summed E-state index contributed by atoms with van der Waals surface area (Å²) in [6.45, 7) is 23.6. The van der Waals surface area contributed by atoms with Crippen molar-refractivity contribution in [1.82, 2.24) is 5.32 Å². The summed E-state index contributed by atoms with van der Waals surface area (Å²) < 4.78 is 0. The van der Waals surface area contributed by atoms with E-state index in [0.717, 1.165) is 25.1 Å². The van der Waals surface area contributed by atoms with E-state index >= 15 is 0 Å². The predicted octanol–water partition coefficient (Wildman–Crippen LogP) is 5.67. The molecule has 0 amide bonds. The zero-order valence-corrected chi connectivity index (χ0v) is 14.3. The molecule has 1 heterocycles. The maximum Gasteiger partial charge on any atom is 0.0140 e. The summed E-state index contributed by atoms with van der Waals surface area (Å²) in [7, 11) is 0. The monoisotopic (exact) mass is 265 g/mol. The third-order valence-corrected chi connectivity index (χ3v) is 1.84. The molecule has 0 bridgehead atoms. The Balaban J connectivity index is -0.000000271. The molecule has 1 aliphatic heterocycles. The lowest BCUT2D eigenvalue weighted by atomic mass is 10.0. The first-order chi connectivity index (χ1) is 9.07. The van der Waals surface area contributed by atoms with E-state index in [4.69, 9.17) is 0 Å². The second kappa shape index (κ2) is 19.3. The summed E-state index contributed by atoms with van der Waals surface area (Å²) in [5.74, 6) is 0. The van der Waals surface area contributed by atoms with Gasteiger partial charge in [0.1, 0.15) is 0 Å². The normalized spacial score (nSPS) is 12.7. The molecule has 1 aliphatic rings. The molecule has 0 radical (unpaired) electrons. The van der Waals surface area contributed by atoms with Gasteiger partial charge in [0, 0.05) is 6.54 Å². The standard InChI is InChI=1S/C10H15N.C4H8.2C2H6/c1-3-4-9(2)10-5-7-11-8-6-10;1-4(2)3;2*1-2/h3-5,11H,2,6-8H2,1H3;1H2,2-3H3;2*1-2H3/b4-3-;;;. The van der Waals surface area contributed by atoms with Crippen LogP contribution in [0.25, 0.3) is 0 Å². The highest BCUT2D eigenvalue weighted by Gasteiger charge is 2.02. The second-order valence-electron chi connectivity index (χ2n) is 3.92. The van der Waals surface area contributed by atoms with Crippen LogP contribution in [0.5, 0.6) is 0 Å². The lowest BCUT2D eigenvalue weighted by Gasteiger charge is -2.13. The van der Waals surface area contributed by atoms with Gasteiger partial charge in [0.25, 0.3) is 0 Å². The minimum absolute atomic E-state index is 0.992. The van der Waals surface area contributed by atoms with E-state index in [0.29, 0.717) is 0 Å². The molecule has 0 atom stereocenters. The van der Waals surface area contributed by atoms with E-state index in [1.165, 1.54) is 11.1 Å². The molecule has 0 spiro atoms. The molecule has 0 aromatic carbocycles. The zero-order chi connectivity index (χ0) is 15.7. The molecule has 0 saturated heterocycles. The molecule has 1 N–H and O–H groups in total. The number of rotatable bonds is 2. The molecule has 0 unspecified atom stereocenters. The number of hydrogen-bond donors (Lipinski definition) is 1. The van der Waals surface area contributed by atoms with Gasteiger partial charge in [-0.15, -0.1) is 6.58 Å². The van der Waals surface area contributed by atoms with Crippen LogP contribution in [-0.4, -0.2) is 13.1 Å². The van der Waals surface area contributed by atoms with E-state index in [9.17, 15) is 0 Å². The molecule has 0 saturated carbocycles. The summed E-state index contributed by atoms with van der Waals surface area (Å²) in [5.41, 5.74) is 3.72. The van der Waals surface area contributed by atoms with Crippen molar-refractivity contribution in [2.45, 2.75) is 54.9 Å². The lowest BCUT2D eigenvalue weighted by Crippen LogP contribution is -2.20. The van der Waals surface area contributed by atoms with Gasteiger partial charge in [0.2, 0.25) is 0 Å². The predicted molar refractivity (Wildman–Crippen MR) is 92.7 cm³/mol. The summed E-state index contributed by atoms with van der Waals surface area (Å²) in [6.07, 6.45) is 7.43. The van der Waals surface area contributed by atoms with Gasteiger partial charge in [-0.25, -0.2) is 0 Å². The van der Waals surface area contributed by atoms with Crippen LogP contribution in [0.4, 0.5) is 0 Å². The quantitative estimate of drug-likeness (QED) is 0.501.